The molecule has 8 heteroatoms. The standard InChI is InChI=1S/C24H24F3NO4/c1-15-7-8-17(11-21(15)24(25,26)27)22(29)18-9-19-13-31-14-20(10-18)28(19)23(30)32-12-16-5-3-2-4-6-16/h2-8,11,18-20H,9-10,12-14H2,1H3. The van der Waals surface area contributed by atoms with Crippen molar-refractivity contribution in [3.8, 4) is 0 Å². The predicted molar refractivity (Wildman–Crippen MR) is 110 cm³/mol. The summed E-state index contributed by atoms with van der Waals surface area (Å²) in [5.74, 6) is -0.805. The van der Waals surface area contributed by atoms with E-state index in [4.69, 9.17) is 9.47 Å². The van der Waals surface area contributed by atoms with Gasteiger partial charge in [0.15, 0.2) is 5.78 Å². The van der Waals surface area contributed by atoms with Crippen molar-refractivity contribution in [1.29, 1.82) is 0 Å². The molecule has 2 bridgehead atoms. The lowest BCUT2D eigenvalue weighted by Gasteiger charge is -2.47. The molecule has 2 unspecified atom stereocenters. The molecule has 2 fully saturated rings. The molecular weight excluding hydrogens is 423 g/mol. The van der Waals surface area contributed by atoms with Crippen LogP contribution in [0.1, 0.15) is 39.9 Å². The fourth-order valence-corrected chi connectivity index (χ4v) is 4.54. The number of fused-ring (bicyclic) bond motifs is 2. The first-order chi connectivity index (χ1) is 15.2. The number of nitrogens with zero attached hydrogens (tertiary/aromatic N) is 1. The van der Waals surface area contributed by atoms with Gasteiger partial charge in [-0.3, -0.25) is 9.69 Å². The van der Waals surface area contributed by atoms with Crippen LogP contribution in [0.15, 0.2) is 48.5 Å². The average Bonchev–Trinajstić information content (AvgIpc) is 2.76. The number of ketones is 1. The monoisotopic (exact) mass is 447 g/mol. The molecule has 4 rings (SSSR count). The van der Waals surface area contributed by atoms with Gasteiger partial charge in [0.25, 0.3) is 0 Å². The van der Waals surface area contributed by atoms with Gasteiger partial charge in [-0.05, 0) is 37.0 Å². The number of hydrogen-bond donors (Lipinski definition) is 0. The summed E-state index contributed by atoms with van der Waals surface area (Å²) in [7, 11) is 0. The quantitative estimate of drug-likeness (QED) is 0.618. The number of ether oxygens (including phenoxy) is 2. The summed E-state index contributed by atoms with van der Waals surface area (Å²) in [5.41, 5.74) is 0.197. The van der Waals surface area contributed by atoms with Gasteiger partial charge in [0, 0.05) is 11.5 Å². The van der Waals surface area contributed by atoms with E-state index in [-0.39, 0.29) is 48.8 Å². The maximum Gasteiger partial charge on any atom is 0.416 e. The number of Topliss-reactive ketones (excluding diaryl/α,β-unsaturated/α-hetero) is 1. The van der Waals surface area contributed by atoms with Gasteiger partial charge < -0.3 is 9.47 Å². The van der Waals surface area contributed by atoms with E-state index in [0.717, 1.165) is 11.6 Å². The van der Waals surface area contributed by atoms with E-state index in [9.17, 15) is 22.8 Å². The lowest BCUT2D eigenvalue weighted by molar-refractivity contribution is -0.138. The summed E-state index contributed by atoms with van der Waals surface area (Å²) in [6.07, 6.45) is -4.33. The molecule has 2 saturated heterocycles. The number of carbonyl (C=O) groups excluding carboxylic acids is 2. The highest BCUT2D eigenvalue weighted by atomic mass is 19.4. The van der Waals surface area contributed by atoms with Crippen LogP contribution in [0.25, 0.3) is 0 Å². The minimum Gasteiger partial charge on any atom is -0.445 e. The minimum absolute atomic E-state index is 0.0482. The first-order valence-electron chi connectivity index (χ1n) is 10.5. The lowest BCUT2D eigenvalue weighted by atomic mass is 9.80. The molecule has 0 radical (unpaired) electrons. The number of amides is 1. The highest BCUT2D eigenvalue weighted by molar-refractivity contribution is 5.98. The van der Waals surface area contributed by atoms with Crippen LogP contribution in [-0.2, 0) is 22.3 Å². The van der Waals surface area contributed by atoms with Gasteiger partial charge >= 0.3 is 12.3 Å². The van der Waals surface area contributed by atoms with Crippen LogP contribution in [0, 0.1) is 12.8 Å². The number of piperidine rings is 1. The molecule has 5 nitrogen and oxygen atoms in total. The number of aryl methyl sites for hydroxylation is 1. The van der Waals surface area contributed by atoms with E-state index in [1.165, 1.54) is 19.1 Å². The molecule has 0 aromatic heterocycles. The molecule has 2 aliphatic rings. The Kier molecular flexibility index (Phi) is 6.24. The SMILES string of the molecule is Cc1ccc(C(=O)C2CC3COCC(C2)N3C(=O)OCc2ccccc2)cc1C(F)(F)F. The van der Waals surface area contributed by atoms with Gasteiger partial charge in [-0.15, -0.1) is 0 Å². The van der Waals surface area contributed by atoms with Crippen molar-refractivity contribution in [1.82, 2.24) is 4.90 Å². The van der Waals surface area contributed by atoms with E-state index < -0.39 is 23.8 Å². The molecule has 170 valence electrons. The molecule has 2 aliphatic heterocycles. The summed E-state index contributed by atoms with van der Waals surface area (Å²) >= 11 is 0. The summed E-state index contributed by atoms with van der Waals surface area (Å²) in [6.45, 7) is 2.05. The molecule has 2 atom stereocenters. The third kappa shape index (κ3) is 4.65. The van der Waals surface area contributed by atoms with E-state index in [2.05, 4.69) is 0 Å². The molecule has 0 N–H and O–H groups in total. The molecule has 2 heterocycles. The van der Waals surface area contributed by atoms with Crippen molar-refractivity contribution in [2.45, 2.75) is 44.6 Å². The van der Waals surface area contributed by atoms with Crippen molar-refractivity contribution in [3.05, 3.63) is 70.8 Å². The fraction of sp³-hybridized carbons (Fsp3) is 0.417. The van der Waals surface area contributed by atoms with Crippen molar-refractivity contribution in [2.24, 2.45) is 5.92 Å². The van der Waals surface area contributed by atoms with Crippen LogP contribution in [0.3, 0.4) is 0 Å². The van der Waals surface area contributed by atoms with Crippen LogP contribution < -0.4 is 0 Å². The second kappa shape index (κ2) is 8.94. The Labute approximate surface area is 184 Å². The first kappa shape index (κ1) is 22.3. The van der Waals surface area contributed by atoms with Crippen molar-refractivity contribution < 1.29 is 32.2 Å². The van der Waals surface area contributed by atoms with Crippen molar-refractivity contribution in [2.75, 3.05) is 13.2 Å². The fourth-order valence-electron chi connectivity index (χ4n) is 4.54. The summed E-state index contributed by atoms with van der Waals surface area (Å²) in [4.78, 5) is 27.5. The maximum absolute atomic E-state index is 13.3. The third-order valence-corrected chi connectivity index (χ3v) is 6.13. The second-order valence-corrected chi connectivity index (χ2v) is 8.35. The number of hydrogen-bond acceptors (Lipinski definition) is 4. The maximum atomic E-state index is 13.3. The summed E-state index contributed by atoms with van der Waals surface area (Å²) < 4.78 is 50.9. The molecule has 0 aliphatic carbocycles. The van der Waals surface area contributed by atoms with Crippen LogP contribution in [0.4, 0.5) is 18.0 Å². The molecule has 0 saturated carbocycles. The topological polar surface area (TPSA) is 55.8 Å². The Morgan fingerprint density at radius 3 is 2.34 bits per heavy atom. The molecule has 32 heavy (non-hydrogen) atoms. The Hall–Kier alpha value is -2.87. The number of carbonyl (C=O) groups is 2. The van der Waals surface area contributed by atoms with E-state index in [0.29, 0.717) is 12.8 Å². The molecule has 2 aromatic carbocycles. The van der Waals surface area contributed by atoms with Gasteiger partial charge in [0.05, 0.1) is 30.9 Å². The smallest absolute Gasteiger partial charge is 0.416 e. The zero-order valence-corrected chi connectivity index (χ0v) is 17.6. The van der Waals surface area contributed by atoms with E-state index >= 15 is 0 Å². The Balaban J connectivity index is 1.46. The zero-order valence-electron chi connectivity index (χ0n) is 17.6. The molecule has 1 amide bonds. The number of rotatable bonds is 4. The summed E-state index contributed by atoms with van der Waals surface area (Å²) in [5, 5.41) is 0. The van der Waals surface area contributed by atoms with Gasteiger partial charge in [0.1, 0.15) is 6.61 Å². The average molecular weight is 447 g/mol. The number of morpholine rings is 1. The highest BCUT2D eigenvalue weighted by Gasteiger charge is 2.45. The van der Waals surface area contributed by atoms with E-state index in [1.807, 2.05) is 30.3 Å². The second-order valence-electron chi connectivity index (χ2n) is 8.35. The van der Waals surface area contributed by atoms with Crippen molar-refractivity contribution in [3.63, 3.8) is 0 Å². The number of benzene rings is 2. The molecule has 0 spiro atoms. The third-order valence-electron chi connectivity index (χ3n) is 6.13. The first-order valence-corrected chi connectivity index (χ1v) is 10.5. The molecular formula is C24H24F3NO4. The highest BCUT2D eigenvalue weighted by Crippen LogP contribution is 2.36. The van der Waals surface area contributed by atoms with Gasteiger partial charge in [0.2, 0.25) is 0 Å². The molecule has 2 aromatic rings. The predicted octanol–water partition coefficient (Wildman–Crippen LogP) is 5.01. The van der Waals surface area contributed by atoms with Crippen LogP contribution in [0.5, 0.6) is 0 Å². The van der Waals surface area contributed by atoms with Gasteiger partial charge in [-0.2, -0.15) is 13.2 Å². The Bertz CT molecular complexity index is 978. The zero-order chi connectivity index (χ0) is 22.9. The largest absolute Gasteiger partial charge is 0.445 e. The van der Waals surface area contributed by atoms with Crippen LogP contribution >= 0.6 is 0 Å². The van der Waals surface area contributed by atoms with Gasteiger partial charge in [-0.1, -0.05) is 42.5 Å². The van der Waals surface area contributed by atoms with Crippen LogP contribution in [-0.4, -0.2) is 42.1 Å². The van der Waals surface area contributed by atoms with Crippen LogP contribution in [0.2, 0.25) is 0 Å². The number of halogens is 3. The number of alkyl halides is 3. The minimum atomic E-state index is -4.52. The van der Waals surface area contributed by atoms with E-state index in [1.54, 1.807) is 4.90 Å². The van der Waals surface area contributed by atoms with Gasteiger partial charge in [-0.25, -0.2) is 4.79 Å². The van der Waals surface area contributed by atoms with Crippen molar-refractivity contribution >= 4 is 11.9 Å². The Morgan fingerprint density at radius 2 is 1.72 bits per heavy atom. The normalized spacial score (nSPS) is 23.0. The Morgan fingerprint density at radius 1 is 1.06 bits per heavy atom. The lowest BCUT2D eigenvalue weighted by Crippen LogP contribution is -2.59. The summed E-state index contributed by atoms with van der Waals surface area (Å²) in [6, 6.07) is 12.3.